The number of rotatable bonds is 8. The quantitative estimate of drug-likeness (QED) is 0.163. The molecule has 5 rings (SSSR count). The smallest absolute Gasteiger partial charge is 0.341 e. The normalized spacial score (nSPS) is 14.0. The summed E-state index contributed by atoms with van der Waals surface area (Å²) in [6.07, 6.45) is 8.05. The number of anilines is 1. The molecule has 4 aromatic rings. The number of nitrogens with one attached hydrogen (secondary N) is 1. The first kappa shape index (κ1) is 25.2. The fourth-order valence-corrected chi connectivity index (χ4v) is 6.19. The van der Waals surface area contributed by atoms with Gasteiger partial charge in [-0.3, -0.25) is 4.79 Å². The van der Waals surface area contributed by atoms with Crippen LogP contribution < -0.4 is 5.32 Å². The van der Waals surface area contributed by atoms with Crippen molar-refractivity contribution in [1.29, 1.82) is 0 Å². The maximum atomic E-state index is 13.2. The Balaban J connectivity index is 1.37. The molecule has 0 aromatic carbocycles. The van der Waals surface area contributed by atoms with E-state index in [0.717, 1.165) is 42.5 Å². The van der Waals surface area contributed by atoms with E-state index >= 15 is 0 Å². The number of hydrogen-bond acceptors (Lipinski definition) is 10. The summed E-state index contributed by atoms with van der Waals surface area (Å²) in [7, 11) is 0. The van der Waals surface area contributed by atoms with Gasteiger partial charge in [-0.05, 0) is 69.4 Å². The van der Waals surface area contributed by atoms with Gasteiger partial charge in [0.25, 0.3) is 0 Å². The van der Waals surface area contributed by atoms with Crippen molar-refractivity contribution < 1.29 is 23.2 Å². The van der Waals surface area contributed by atoms with E-state index in [1.54, 1.807) is 50.6 Å². The number of nitrogens with zero attached hydrogens (tertiary/aromatic N) is 3. The fourth-order valence-electron chi connectivity index (χ4n) is 4.20. The molecule has 192 valence electrons. The van der Waals surface area contributed by atoms with Crippen LogP contribution in [0.4, 0.5) is 5.00 Å². The largest absolute Gasteiger partial charge is 0.463 e. The van der Waals surface area contributed by atoms with Crippen LogP contribution in [0.2, 0.25) is 0 Å². The summed E-state index contributed by atoms with van der Waals surface area (Å²) >= 11 is 2.64. The second-order valence-electron chi connectivity index (χ2n) is 8.48. The molecule has 0 radical (unpaired) electrons. The minimum absolute atomic E-state index is 0.259. The second kappa shape index (κ2) is 11.3. The highest BCUT2D eigenvalue weighted by Gasteiger charge is 2.28. The maximum Gasteiger partial charge on any atom is 0.341 e. The van der Waals surface area contributed by atoms with Crippen molar-refractivity contribution in [3.05, 3.63) is 52.8 Å². The first-order valence-electron chi connectivity index (χ1n) is 12.2. The van der Waals surface area contributed by atoms with Gasteiger partial charge in [0.2, 0.25) is 11.1 Å². The Morgan fingerprint density at radius 3 is 2.51 bits per heavy atom. The van der Waals surface area contributed by atoms with E-state index < -0.39 is 5.25 Å². The van der Waals surface area contributed by atoms with Crippen molar-refractivity contribution in [3.63, 3.8) is 0 Å². The van der Waals surface area contributed by atoms with Crippen LogP contribution in [0.3, 0.4) is 0 Å². The summed E-state index contributed by atoms with van der Waals surface area (Å²) in [6, 6.07) is 7.06. The number of aryl methyl sites for hydroxylation is 1. The Morgan fingerprint density at radius 1 is 1.08 bits per heavy atom. The minimum Gasteiger partial charge on any atom is -0.463 e. The molecule has 4 heterocycles. The Hall–Kier alpha value is -3.44. The second-order valence-corrected chi connectivity index (χ2v) is 10.9. The minimum atomic E-state index is -0.558. The molecule has 0 saturated heterocycles. The van der Waals surface area contributed by atoms with Crippen molar-refractivity contribution in [2.24, 2.45) is 0 Å². The molecule has 1 aliphatic carbocycles. The Kier molecular flexibility index (Phi) is 7.71. The predicted molar refractivity (Wildman–Crippen MR) is 141 cm³/mol. The summed E-state index contributed by atoms with van der Waals surface area (Å²) in [5.41, 5.74) is 2.42. The summed E-state index contributed by atoms with van der Waals surface area (Å²) in [5, 5.41) is 11.8. The van der Waals surface area contributed by atoms with Crippen molar-refractivity contribution in [2.45, 2.75) is 56.4 Å². The van der Waals surface area contributed by atoms with Gasteiger partial charge in [-0.2, -0.15) is 0 Å². The molecule has 11 heteroatoms. The SMILES string of the molecule is CCOC(=O)c1c(NC(=O)C(C)Sc2nnc(-c3ccco3)c(-c3ccco3)n2)sc2c1CCCCC2. The van der Waals surface area contributed by atoms with E-state index in [4.69, 9.17) is 13.6 Å². The van der Waals surface area contributed by atoms with Gasteiger partial charge in [0.15, 0.2) is 17.2 Å². The molecule has 0 bridgehead atoms. The number of hydrogen-bond donors (Lipinski definition) is 1. The number of carbonyl (C=O) groups is 2. The topological polar surface area (TPSA) is 120 Å². The van der Waals surface area contributed by atoms with E-state index in [2.05, 4.69) is 20.5 Å². The van der Waals surface area contributed by atoms with Crippen LogP contribution in [-0.4, -0.2) is 38.9 Å². The standard InChI is InChI=1S/C26H26N4O5S2/c1-3-33-25(32)20-16-9-5-4-6-12-19(16)37-24(20)28-23(31)15(2)36-26-27-21(17-10-7-13-34-17)22(29-30-26)18-11-8-14-35-18/h7-8,10-11,13-15H,3-6,9,12H2,1-2H3,(H,28,31). The van der Waals surface area contributed by atoms with Gasteiger partial charge in [-0.25, -0.2) is 9.78 Å². The number of furan rings is 2. The first-order valence-corrected chi connectivity index (χ1v) is 13.9. The van der Waals surface area contributed by atoms with Crippen LogP contribution in [-0.2, 0) is 22.4 Å². The molecule has 9 nitrogen and oxygen atoms in total. The zero-order valence-electron chi connectivity index (χ0n) is 20.5. The maximum absolute atomic E-state index is 13.2. The number of amides is 1. The molecule has 0 spiro atoms. The zero-order chi connectivity index (χ0) is 25.8. The molecule has 1 atom stereocenters. The molecule has 0 fully saturated rings. The van der Waals surface area contributed by atoms with Crippen molar-refractivity contribution in [2.75, 3.05) is 11.9 Å². The predicted octanol–water partition coefficient (Wildman–Crippen LogP) is 6.02. The average molecular weight is 539 g/mol. The third-order valence-electron chi connectivity index (χ3n) is 5.97. The fraction of sp³-hybridized carbons (Fsp3) is 0.346. The molecule has 1 N–H and O–H groups in total. The van der Waals surface area contributed by atoms with Gasteiger partial charge in [-0.1, -0.05) is 18.2 Å². The highest BCUT2D eigenvalue weighted by atomic mass is 32.2. The molecular formula is C26H26N4O5S2. The number of carbonyl (C=O) groups excluding carboxylic acids is 2. The van der Waals surface area contributed by atoms with Gasteiger partial charge in [0, 0.05) is 4.88 Å². The number of esters is 1. The molecule has 4 aromatic heterocycles. The Bertz CT molecular complexity index is 1380. The highest BCUT2D eigenvalue weighted by molar-refractivity contribution is 8.00. The van der Waals surface area contributed by atoms with Crippen LogP contribution in [0.15, 0.2) is 50.8 Å². The lowest BCUT2D eigenvalue weighted by atomic mass is 10.1. The first-order chi connectivity index (χ1) is 18.0. The molecule has 0 saturated carbocycles. The molecule has 37 heavy (non-hydrogen) atoms. The van der Waals surface area contributed by atoms with E-state index in [0.29, 0.717) is 38.6 Å². The van der Waals surface area contributed by atoms with Crippen LogP contribution in [0, 0.1) is 0 Å². The van der Waals surface area contributed by atoms with E-state index in [9.17, 15) is 9.59 Å². The summed E-state index contributed by atoms with van der Waals surface area (Å²) in [5.74, 6) is 0.379. The van der Waals surface area contributed by atoms with E-state index in [1.165, 1.54) is 23.1 Å². The number of thioether (sulfide) groups is 1. The van der Waals surface area contributed by atoms with Gasteiger partial charge < -0.3 is 18.9 Å². The Morgan fingerprint density at radius 2 is 1.81 bits per heavy atom. The number of ether oxygens (including phenoxy) is 1. The van der Waals surface area contributed by atoms with Crippen LogP contribution in [0.25, 0.3) is 22.9 Å². The molecular weight excluding hydrogens is 512 g/mol. The summed E-state index contributed by atoms with van der Waals surface area (Å²) in [4.78, 5) is 31.8. The average Bonchev–Trinajstić information content (AvgIpc) is 3.64. The van der Waals surface area contributed by atoms with Crippen molar-refractivity contribution in [3.8, 4) is 22.9 Å². The lowest BCUT2D eigenvalue weighted by Crippen LogP contribution is -2.23. The van der Waals surface area contributed by atoms with Crippen molar-refractivity contribution >= 4 is 40.0 Å². The lowest BCUT2D eigenvalue weighted by Gasteiger charge is -2.12. The molecule has 0 aliphatic heterocycles. The van der Waals surface area contributed by atoms with Crippen LogP contribution >= 0.6 is 23.1 Å². The third kappa shape index (κ3) is 5.47. The number of fused-ring (bicyclic) bond motifs is 1. The van der Waals surface area contributed by atoms with Gasteiger partial charge in [-0.15, -0.1) is 21.5 Å². The molecule has 1 aliphatic rings. The highest BCUT2D eigenvalue weighted by Crippen LogP contribution is 2.38. The van der Waals surface area contributed by atoms with E-state index in [1.807, 2.05) is 0 Å². The van der Waals surface area contributed by atoms with Crippen LogP contribution in [0.5, 0.6) is 0 Å². The monoisotopic (exact) mass is 538 g/mol. The molecule has 1 amide bonds. The number of aromatic nitrogens is 3. The summed E-state index contributed by atoms with van der Waals surface area (Å²) < 4.78 is 16.4. The zero-order valence-corrected chi connectivity index (χ0v) is 22.1. The van der Waals surface area contributed by atoms with Gasteiger partial charge in [0.1, 0.15) is 10.7 Å². The third-order valence-corrected chi connectivity index (χ3v) is 8.12. The lowest BCUT2D eigenvalue weighted by molar-refractivity contribution is -0.115. The molecule has 1 unspecified atom stereocenters. The Labute approximate surface area is 222 Å². The van der Waals surface area contributed by atoms with Crippen LogP contribution in [0.1, 0.15) is 53.9 Å². The van der Waals surface area contributed by atoms with Gasteiger partial charge in [0.05, 0.1) is 29.9 Å². The number of thiophene rings is 1. The van der Waals surface area contributed by atoms with Gasteiger partial charge >= 0.3 is 5.97 Å². The van der Waals surface area contributed by atoms with E-state index in [-0.39, 0.29) is 18.5 Å². The summed E-state index contributed by atoms with van der Waals surface area (Å²) in [6.45, 7) is 3.82. The van der Waals surface area contributed by atoms with Crippen molar-refractivity contribution in [1.82, 2.24) is 15.2 Å².